The fraction of sp³-hybridized carbons (Fsp3) is 0.700. The number of rotatable bonds is 7. The molecule has 1 atom stereocenters. The number of aromatic nitrogens is 2. The molecule has 0 spiro atoms. The van der Waals surface area contributed by atoms with E-state index in [4.69, 9.17) is 5.84 Å². The Balaban J connectivity index is 2.37. The lowest BCUT2D eigenvalue weighted by Crippen LogP contribution is -2.41. The molecule has 1 rings (SSSR count). The molecular weight excluding hydrogens is 249 g/mol. The fourth-order valence-corrected chi connectivity index (χ4v) is 1.45. The van der Waals surface area contributed by atoms with Crippen LogP contribution in [0.1, 0.15) is 12.5 Å². The van der Waals surface area contributed by atoms with E-state index in [9.17, 15) is 13.2 Å². The minimum Gasteiger partial charge on any atom is -0.370 e. The Labute approximate surface area is 103 Å². The molecule has 0 aliphatic rings. The largest absolute Gasteiger partial charge is 0.411 e. The number of alkyl halides is 3. The third kappa shape index (κ3) is 5.48. The van der Waals surface area contributed by atoms with Crippen LogP contribution in [0.25, 0.3) is 0 Å². The highest BCUT2D eigenvalue weighted by Crippen LogP contribution is 2.14. The molecule has 8 heteroatoms. The van der Waals surface area contributed by atoms with Gasteiger partial charge >= 0.3 is 6.18 Å². The summed E-state index contributed by atoms with van der Waals surface area (Å²) >= 11 is 0. The fourth-order valence-electron chi connectivity index (χ4n) is 1.45. The van der Waals surface area contributed by atoms with Crippen LogP contribution in [0.5, 0.6) is 0 Å². The average molecular weight is 266 g/mol. The van der Waals surface area contributed by atoms with E-state index in [0.29, 0.717) is 6.42 Å². The van der Waals surface area contributed by atoms with Gasteiger partial charge in [-0.3, -0.25) is 16.0 Å². The highest BCUT2D eigenvalue weighted by molar-refractivity contribution is 5.06. The summed E-state index contributed by atoms with van der Waals surface area (Å²) in [4.78, 5) is 0. The maximum absolute atomic E-state index is 11.9. The molecule has 0 fully saturated rings. The van der Waals surface area contributed by atoms with Crippen LogP contribution < -0.4 is 11.3 Å². The topological polar surface area (TPSA) is 65.1 Å². The predicted octanol–water partition coefficient (Wildman–Crippen LogP) is 0.856. The summed E-state index contributed by atoms with van der Waals surface area (Å²) in [6, 6.07) is -0.373. The maximum Gasteiger partial charge on any atom is 0.411 e. The van der Waals surface area contributed by atoms with Crippen molar-refractivity contribution in [3.63, 3.8) is 0 Å². The lowest BCUT2D eigenvalue weighted by atomic mass is 10.1. The zero-order valence-corrected chi connectivity index (χ0v) is 10.1. The van der Waals surface area contributed by atoms with Crippen LogP contribution in [0.2, 0.25) is 0 Å². The molecular formula is C10H17F3N4O. The molecule has 0 aliphatic heterocycles. The number of hydrogen-bond acceptors (Lipinski definition) is 4. The van der Waals surface area contributed by atoms with Gasteiger partial charge in [-0.25, -0.2) is 0 Å². The first kappa shape index (κ1) is 14.9. The number of hydrazine groups is 1. The van der Waals surface area contributed by atoms with Gasteiger partial charge in [-0.05, 0) is 18.9 Å². The Morgan fingerprint density at radius 2 is 2.28 bits per heavy atom. The number of ether oxygens (including phenoxy) is 1. The molecule has 0 aromatic carbocycles. The van der Waals surface area contributed by atoms with Gasteiger partial charge in [-0.15, -0.1) is 0 Å². The third-order valence-corrected chi connectivity index (χ3v) is 2.31. The molecule has 1 unspecified atom stereocenters. The molecule has 3 N–H and O–H groups in total. The van der Waals surface area contributed by atoms with Crippen molar-refractivity contribution in [3.8, 4) is 0 Å². The predicted molar refractivity (Wildman–Crippen MR) is 59.6 cm³/mol. The normalized spacial score (nSPS) is 13.8. The molecule has 0 saturated heterocycles. The zero-order valence-electron chi connectivity index (χ0n) is 10.1. The van der Waals surface area contributed by atoms with Crippen molar-refractivity contribution in [1.82, 2.24) is 15.2 Å². The summed E-state index contributed by atoms with van der Waals surface area (Å²) in [5, 5.41) is 4.07. The first-order valence-electron chi connectivity index (χ1n) is 5.56. The second-order valence-electron chi connectivity index (χ2n) is 3.90. The van der Waals surface area contributed by atoms with E-state index in [2.05, 4.69) is 15.3 Å². The molecule has 0 saturated carbocycles. The lowest BCUT2D eigenvalue weighted by Gasteiger charge is -2.16. The molecule has 0 bridgehead atoms. The molecule has 18 heavy (non-hydrogen) atoms. The van der Waals surface area contributed by atoms with Crippen molar-refractivity contribution < 1.29 is 17.9 Å². The number of halogens is 3. The number of hydrogen-bond donors (Lipinski definition) is 2. The van der Waals surface area contributed by atoms with E-state index in [0.717, 1.165) is 12.1 Å². The SMILES string of the molecule is CCn1cc(CC(COCC(F)(F)F)NN)cn1. The van der Waals surface area contributed by atoms with Crippen molar-refractivity contribution in [1.29, 1.82) is 0 Å². The number of nitrogens with two attached hydrogens (primary N) is 1. The van der Waals surface area contributed by atoms with Crippen LogP contribution in [0, 0.1) is 0 Å². The average Bonchev–Trinajstić information content (AvgIpc) is 2.74. The Morgan fingerprint density at radius 1 is 1.56 bits per heavy atom. The third-order valence-electron chi connectivity index (χ3n) is 2.31. The van der Waals surface area contributed by atoms with Gasteiger partial charge in [-0.1, -0.05) is 0 Å². The Morgan fingerprint density at radius 3 is 2.78 bits per heavy atom. The van der Waals surface area contributed by atoms with Crippen LogP contribution in [-0.2, 0) is 17.7 Å². The maximum atomic E-state index is 11.9. The summed E-state index contributed by atoms with van der Waals surface area (Å²) < 4.78 is 42.0. The van der Waals surface area contributed by atoms with E-state index in [-0.39, 0.29) is 12.6 Å². The summed E-state index contributed by atoms with van der Waals surface area (Å²) in [7, 11) is 0. The van der Waals surface area contributed by atoms with Gasteiger partial charge in [0, 0.05) is 18.8 Å². The number of nitrogens with one attached hydrogen (secondary N) is 1. The molecule has 1 aromatic rings. The zero-order chi connectivity index (χ0) is 13.6. The van der Waals surface area contributed by atoms with Crippen LogP contribution in [0.15, 0.2) is 12.4 Å². The van der Waals surface area contributed by atoms with Crippen LogP contribution in [0.4, 0.5) is 13.2 Å². The van der Waals surface area contributed by atoms with Gasteiger partial charge in [0.05, 0.1) is 12.8 Å². The van der Waals surface area contributed by atoms with Crippen molar-refractivity contribution in [2.24, 2.45) is 5.84 Å². The summed E-state index contributed by atoms with van der Waals surface area (Å²) in [6.45, 7) is 1.32. The number of nitrogens with zero attached hydrogens (tertiary/aromatic N) is 2. The summed E-state index contributed by atoms with van der Waals surface area (Å²) in [6.07, 6.45) is -0.355. The minimum atomic E-state index is -4.31. The van der Waals surface area contributed by atoms with Crippen LogP contribution in [0.3, 0.4) is 0 Å². The van der Waals surface area contributed by atoms with Gasteiger partial charge in [-0.2, -0.15) is 18.3 Å². The standard InChI is InChI=1S/C10H17F3N4O/c1-2-17-5-8(4-15-17)3-9(16-14)6-18-7-10(11,12)13/h4-5,9,16H,2-3,6-7,14H2,1H3. The van der Waals surface area contributed by atoms with Gasteiger partial charge in [0.2, 0.25) is 0 Å². The molecule has 5 nitrogen and oxygen atoms in total. The quantitative estimate of drug-likeness (QED) is 0.567. The molecule has 104 valence electrons. The minimum absolute atomic E-state index is 0.104. The van der Waals surface area contributed by atoms with E-state index < -0.39 is 12.8 Å². The highest BCUT2D eigenvalue weighted by Gasteiger charge is 2.27. The van der Waals surface area contributed by atoms with Gasteiger partial charge in [0.1, 0.15) is 6.61 Å². The molecule has 1 heterocycles. The summed E-state index contributed by atoms with van der Waals surface area (Å²) in [5.74, 6) is 5.27. The molecule has 0 aliphatic carbocycles. The number of aryl methyl sites for hydroxylation is 1. The van der Waals surface area contributed by atoms with Crippen LogP contribution >= 0.6 is 0 Å². The second-order valence-corrected chi connectivity index (χ2v) is 3.90. The molecule has 0 radical (unpaired) electrons. The molecule has 1 aromatic heterocycles. The van der Waals surface area contributed by atoms with Crippen molar-refractivity contribution >= 4 is 0 Å². The molecule has 0 amide bonds. The van der Waals surface area contributed by atoms with E-state index in [1.54, 1.807) is 10.9 Å². The Kier molecular flexibility index (Phi) is 5.57. The van der Waals surface area contributed by atoms with E-state index >= 15 is 0 Å². The van der Waals surface area contributed by atoms with Gasteiger partial charge in [0.25, 0.3) is 0 Å². The van der Waals surface area contributed by atoms with Gasteiger partial charge in [0.15, 0.2) is 0 Å². The van der Waals surface area contributed by atoms with E-state index in [1.165, 1.54) is 0 Å². The first-order chi connectivity index (χ1) is 8.44. The van der Waals surface area contributed by atoms with Crippen LogP contribution in [-0.4, -0.2) is 35.2 Å². The monoisotopic (exact) mass is 266 g/mol. The smallest absolute Gasteiger partial charge is 0.370 e. The van der Waals surface area contributed by atoms with E-state index in [1.807, 2.05) is 13.1 Å². The Hall–Kier alpha value is -1.12. The Bertz CT molecular complexity index is 353. The van der Waals surface area contributed by atoms with Crippen molar-refractivity contribution in [2.75, 3.05) is 13.2 Å². The van der Waals surface area contributed by atoms with Crippen molar-refractivity contribution in [2.45, 2.75) is 32.1 Å². The second kappa shape index (κ2) is 6.72. The first-order valence-corrected chi connectivity index (χ1v) is 5.56. The van der Waals surface area contributed by atoms with Crippen molar-refractivity contribution in [3.05, 3.63) is 18.0 Å². The lowest BCUT2D eigenvalue weighted by molar-refractivity contribution is -0.175. The summed E-state index contributed by atoms with van der Waals surface area (Å²) in [5.41, 5.74) is 3.33. The van der Waals surface area contributed by atoms with Gasteiger partial charge < -0.3 is 4.74 Å². The highest BCUT2D eigenvalue weighted by atomic mass is 19.4.